The zero-order valence-corrected chi connectivity index (χ0v) is 12.3. The molecule has 2 rings (SSSR count). The number of nitrogens with zero attached hydrogens (tertiary/aromatic N) is 3. The minimum Gasteiger partial charge on any atom is -0.470 e. The number of ether oxygens (including phenoxy) is 1. The van der Waals surface area contributed by atoms with Crippen molar-refractivity contribution >= 4 is 5.69 Å². The van der Waals surface area contributed by atoms with E-state index >= 15 is 0 Å². The van der Waals surface area contributed by atoms with Gasteiger partial charge in [-0.15, -0.1) is 0 Å². The van der Waals surface area contributed by atoms with Crippen molar-refractivity contribution in [2.24, 2.45) is 13.0 Å². The Morgan fingerprint density at radius 2 is 2.25 bits per heavy atom. The standard InChI is InChI=1S/C13H22N4O3/c1-4-5-11-12(17(18)19)13(16(3)15-11)20-10-6-9(7-10)8-14-2/h9-10,14H,4-8H2,1-3H3. The first-order chi connectivity index (χ1) is 9.56. The van der Waals surface area contributed by atoms with Gasteiger partial charge in [-0.05, 0) is 38.8 Å². The van der Waals surface area contributed by atoms with Gasteiger partial charge in [-0.3, -0.25) is 10.1 Å². The molecule has 0 aromatic carbocycles. The van der Waals surface area contributed by atoms with Crippen LogP contribution in [0.5, 0.6) is 5.88 Å². The van der Waals surface area contributed by atoms with Crippen LogP contribution in [0.15, 0.2) is 0 Å². The summed E-state index contributed by atoms with van der Waals surface area (Å²) in [5.41, 5.74) is 0.549. The molecule has 1 N–H and O–H groups in total. The number of aromatic nitrogens is 2. The van der Waals surface area contributed by atoms with Crippen LogP contribution in [0.25, 0.3) is 0 Å². The molecule has 1 aromatic rings. The number of rotatable bonds is 7. The SMILES string of the molecule is CCCc1nn(C)c(OC2CC(CNC)C2)c1[N+](=O)[O-]. The molecule has 1 aliphatic rings. The van der Waals surface area contributed by atoms with Crippen LogP contribution < -0.4 is 10.1 Å². The summed E-state index contributed by atoms with van der Waals surface area (Å²) in [4.78, 5) is 10.9. The smallest absolute Gasteiger partial charge is 0.353 e. The van der Waals surface area contributed by atoms with Crippen LogP contribution in [0.3, 0.4) is 0 Å². The van der Waals surface area contributed by atoms with Crippen LogP contribution in [0, 0.1) is 16.0 Å². The highest BCUT2D eigenvalue weighted by atomic mass is 16.6. The first kappa shape index (κ1) is 14.8. The van der Waals surface area contributed by atoms with E-state index in [0.29, 0.717) is 23.9 Å². The fourth-order valence-electron chi connectivity index (χ4n) is 2.66. The molecular formula is C13H22N4O3. The largest absolute Gasteiger partial charge is 0.470 e. The Morgan fingerprint density at radius 1 is 1.55 bits per heavy atom. The summed E-state index contributed by atoms with van der Waals surface area (Å²) in [6, 6.07) is 0. The Labute approximate surface area is 118 Å². The van der Waals surface area contributed by atoms with Gasteiger partial charge in [-0.25, -0.2) is 4.68 Å². The van der Waals surface area contributed by atoms with E-state index in [4.69, 9.17) is 4.74 Å². The van der Waals surface area contributed by atoms with E-state index in [-0.39, 0.29) is 16.7 Å². The van der Waals surface area contributed by atoms with Crippen molar-refractivity contribution < 1.29 is 9.66 Å². The molecule has 20 heavy (non-hydrogen) atoms. The molecule has 7 nitrogen and oxygen atoms in total. The highest BCUT2D eigenvalue weighted by Crippen LogP contribution is 2.36. The molecule has 1 fully saturated rings. The van der Waals surface area contributed by atoms with Gasteiger partial charge in [-0.1, -0.05) is 13.3 Å². The maximum atomic E-state index is 11.2. The number of aryl methyl sites for hydroxylation is 2. The molecule has 0 radical (unpaired) electrons. The summed E-state index contributed by atoms with van der Waals surface area (Å²) in [5, 5.41) is 18.6. The number of hydrogen-bond donors (Lipinski definition) is 1. The zero-order valence-electron chi connectivity index (χ0n) is 12.3. The number of hydrogen-bond acceptors (Lipinski definition) is 5. The molecule has 1 saturated carbocycles. The lowest BCUT2D eigenvalue weighted by molar-refractivity contribution is -0.387. The second-order valence-corrected chi connectivity index (χ2v) is 5.37. The van der Waals surface area contributed by atoms with Gasteiger partial charge in [0, 0.05) is 7.05 Å². The minimum absolute atomic E-state index is 0.0337. The van der Waals surface area contributed by atoms with Gasteiger partial charge in [0.2, 0.25) is 0 Å². The van der Waals surface area contributed by atoms with Gasteiger partial charge in [0.1, 0.15) is 11.8 Å². The highest BCUT2D eigenvalue weighted by molar-refractivity contribution is 5.46. The molecule has 1 aromatic heterocycles. The molecular weight excluding hydrogens is 260 g/mol. The topological polar surface area (TPSA) is 82.2 Å². The van der Waals surface area contributed by atoms with Gasteiger partial charge < -0.3 is 10.1 Å². The van der Waals surface area contributed by atoms with Crippen LogP contribution in [-0.2, 0) is 13.5 Å². The molecule has 0 amide bonds. The lowest BCUT2D eigenvalue weighted by atomic mass is 9.82. The third-order valence-electron chi connectivity index (χ3n) is 3.67. The van der Waals surface area contributed by atoms with Crippen LogP contribution in [-0.4, -0.2) is 34.4 Å². The molecule has 112 valence electrons. The Morgan fingerprint density at radius 3 is 2.80 bits per heavy atom. The minimum atomic E-state index is -0.378. The molecule has 1 aliphatic carbocycles. The van der Waals surface area contributed by atoms with E-state index in [0.717, 1.165) is 25.8 Å². The van der Waals surface area contributed by atoms with Gasteiger partial charge >= 0.3 is 5.69 Å². The van der Waals surface area contributed by atoms with E-state index in [1.807, 2.05) is 14.0 Å². The maximum absolute atomic E-state index is 11.2. The quantitative estimate of drug-likeness (QED) is 0.607. The van der Waals surface area contributed by atoms with E-state index in [9.17, 15) is 10.1 Å². The summed E-state index contributed by atoms with van der Waals surface area (Å²) in [5.74, 6) is 0.902. The monoisotopic (exact) mass is 282 g/mol. The molecule has 0 atom stereocenters. The Balaban J connectivity index is 2.09. The van der Waals surface area contributed by atoms with Gasteiger partial charge in [-0.2, -0.15) is 5.10 Å². The van der Waals surface area contributed by atoms with Crippen LogP contribution in [0.4, 0.5) is 5.69 Å². The van der Waals surface area contributed by atoms with Crippen molar-refractivity contribution in [1.82, 2.24) is 15.1 Å². The first-order valence-corrected chi connectivity index (χ1v) is 7.08. The number of nitro groups is 1. The van der Waals surface area contributed by atoms with Crippen molar-refractivity contribution in [2.75, 3.05) is 13.6 Å². The molecule has 0 aliphatic heterocycles. The van der Waals surface area contributed by atoms with Crippen molar-refractivity contribution in [3.8, 4) is 5.88 Å². The molecule has 7 heteroatoms. The van der Waals surface area contributed by atoms with Gasteiger partial charge in [0.25, 0.3) is 5.88 Å². The van der Waals surface area contributed by atoms with Crippen LogP contribution in [0.2, 0.25) is 0 Å². The second kappa shape index (κ2) is 6.21. The second-order valence-electron chi connectivity index (χ2n) is 5.37. The predicted molar refractivity (Wildman–Crippen MR) is 74.9 cm³/mol. The van der Waals surface area contributed by atoms with Crippen molar-refractivity contribution in [3.05, 3.63) is 15.8 Å². The lowest BCUT2D eigenvalue weighted by Gasteiger charge is -2.34. The maximum Gasteiger partial charge on any atom is 0.353 e. The fraction of sp³-hybridized carbons (Fsp3) is 0.769. The average Bonchev–Trinajstić information content (AvgIpc) is 2.63. The molecule has 0 spiro atoms. The molecule has 0 unspecified atom stereocenters. The Hall–Kier alpha value is -1.63. The third-order valence-corrected chi connectivity index (χ3v) is 3.67. The van der Waals surface area contributed by atoms with E-state index in [2.05, 4.69) is 10.4 Å². The summed E-state index contributed by atoms with van der Waals surface area (Å²) in [6.07, 6.45) is 3.36. The first-order valence-electron chi connectivity index (χ1n) is 7.08. The van der Waals surface area contributed by atoms with E-state index < -0.39 is 0 Å². The Kier molecular flexibility index (Phi) is 4.59. The third kappa shape index (κ3) is 2.92. The molecule has 1 heterocycles. The van der Waals surface area contributed by atoms with Crippen LogP contribution >= 0.6 is 0 Å². The number of nitrogens with one attached hydrogen (secondary N) is 1. The average molecular weight is 282 g/mol. The summed E-state index contributed by atoms with van der Waals surface area (Å²) < 4.78 is 7.30. The summed E-state index contributed by atoms with van der Waals surface area (Å²) >= 11 is 0. The Bertz CT molecular complexity index is 480. The summed E-state index contributed by atoms with van der Waals surface area (Å²) in [6.45, 7) is 2.95. The van der Waals surface area contributed by atoms with Gasteiger partial charge in [0.15, 0.2) is 0 Å². The molecule has 0 saturated heterocycles. The summed E-state index contributed by atoms with van der Waals surface area (Å²) in [7, 11) is 3.63. The van der Waals surface area contributed by atoms with Crippen molar-refractivity contribution in [1.29, 1.82) is 0 Å². The lowest BCUT2D eigenvalue weighted by Crippen LogP contribution is -2.39. The fourth-order valence-corrected chi connectivity index (χ4v) is 2.66. The molecule has 0 bridgehead atoms. The van der Waals surface area contributed by atoms with Crippen molar-refractivity contribution in [2.45, 2.75) is 38.7 Å². The van der Waals surface area contributed by atoms with Crippen molar-refractivity contribution in [3.63, 3.8) is 0 Å². The van der Waals surface area contributed by atoms with E-state index in [1.54, 1.807) is 7.05 Å². The zero-order chi connectivity index (χ0) is 14.7. The van der Waals surface area contributed by atoms with Crippen LogP contribution in [0.1, 0.15) is 31.9 Å². The van der Waals surface area contributed by atoms with E-state index in [1.165, 1.54) is 4.68 Å². The predicted octanol–water partition coefficient (Wildman–Crippen LogP) is 1.66. The normalized spacial score (nSPS) is 21.6. The highest BCUT2D eigenvalue weighted by Gasteiger charge is 2.35. The van der Waals surface area contributed by atoms with Gasteiger partial charge in [0.05, 0.1) is 4.92 Å².